The second kappa shape index (κ2) is 8.32. The molecule has 1 aliphatic carbocycles. The van der Waals surface area contributed by atoms with Gasteiger partial charge in [-0.15, -0.1) is 0 Å². The number of aromatic hydroxyl groups is 1. The topological polar surface area (TPSA) is 70.7 Å². The van der Waals surface area contributed by atoms with Gasteiger partial charge in [-0.05, 0) is 48.5 Å². The molecule has 2 aromatic heterocycles. The molecule has 0 spiro atoms. The van der Waals surface area contributed by atoms with Crippen LogP contribution < -0.4 is 11.0 Å². The molecule has 0 aromatic carbocycles. The third kappa shape index (κ3) is 4.14. The van der Waals surface area contributed by atoms with Crippen molar-refractivity contribution in [1.82, 2.24) is 18.9 Å². The number of hydrogen-bond acceptors (Lipinski definition) is 5. The minimum Gasteiger partial charge on any atom is -0.503 e. The molecule has 3 fully saturated rings. The number of hydrogen-bond donors (Lipinski definition) is 1. The van der Waals surface area contributed by atoms with E-state index in [4.69, 9.17) is 0 Å². The third-order valence-corrected chi connectivity index (χ3v) is 9.46. The monoisotopic (exact) mass is 492 g/mol. The Kier molecular flexibility index (Phi) is 5.54. The summed E-state index contributed by atoms with van der Waals surface area (Å²) in [6, 6.07) is 7.74. The van der Waals surface area contributed by atoms with Crippen LogP contribution in [0, 0.1) is 16.7 Å². The van der Waals surface area contributed by atoms with Gasteiger partial charge in [0.1, 0.15) is 0 Å². The van der Waals surface area contributed by atoms with E-state index >= 15 is 0 Å². The Balaban J connectivity index is 1.24. The first-order valence-corrected chi connectivity index (χ1v) is 13.6. The Morgan fingerprint density at radius 2 is 1.86 bits per heavy atom. The molecule has 5 heterocycles. The molecule has 36 heavy (non-hydrogen) atoms. The fourth-order valence-corrected chi connectivity index (χ4v) is 8.43. The van der Waals surface area contributed by atoms with Gasteiger partial charge in [-0.25, -0.2) is 0 Å². The first-order chi connectivity index (χ1) is 17.0. The standard InChI is InChI=1S/C29H40N4O3/c1-28(2)10-22-11-29(3,17-28)18-32(22)16-24-27(36)25(34)9-21(30(24)4)15-31-12-19-8-20(14-31)23-6-5-7-26(35)33(23)13-19/h5-7,9,19-20,22,36H,8,10-18H2,1-4H3/t19-,20-,22+,29+/m0/s1. The van der Waals surface area contributed by atoms with E-state index in [9.17, 15) is 14.7 Å². The zero-order valence-corrected chi connectivity index (χ0v) is 22.2. The third-order valence-electron chi connectivity index (χ3n) is 9.46. The molecule has 1 saturated carbocycles. The molecule has 2 aromatic rings. The van der Waals surface area contributed by atoms with Crippen molar-refractivity contribution in [3.8, 4) is 5.75 Å². The number of likely N-dealkylation sites (tertiary alicyclic amines) is 2. The summed E-state index contributed by atoms with van der Waals surface area (Å²) in [6.07, 6.45) is 4.71. The highest BCUT2D eigenvalue weighted by molar-refractivity contribution is 5.30. The fourth-order valence-electron chi connectivity index (χ4n) is 8.43. The van der Waals surface area contributed by atoms with Crippen molar-refractivity contribution >= 4 is 0 Å². The number of nitrogens with zero attached hydrogens (tertiary/aromatic N) is 4. The van der Waals surface area contributed by atoms with Gasteiger partial charge in [0, 0.05) is 81.8 Å². The lowest BCUT2D eigenvalue weighted by atomic mass is 9.65. The lowest BCUT2D eigenvalue weighted by Crippen LogP contribution is -2.47. The first-order valence-electron chi connectivity index (χ1n) is 13.6. The van der Waals surface area contributed by atoms with Crippen molar-refractivity contribution < 1.29 is 5.11 Å². The Bertz CT molecular complexity index is 1310. The molecule has 3 aliphatic heterocycles. The van der Waals surface area contributed by atoms with Crippen LogP contribution in [0.25, 0.3) is 0 Å². The average molecular weight is 493 g/mol. The van der Waals surface area contributed by atoms with Crippen LogP contribution in [0.5, 0.6) is 5.75 Å². The minimum absolute atomic E-state index is 0.101. The smallest absolute Gasteiger partial charge is 0.250 e. The van der Waals surface area contributed by atoms with Crippen molar-refractivity contribution in [1.29, 1.82) is 0 Å². The van der Waals surface area contributed by atoms with Gasteiger partial charge in [0.25, 0.3) is 5.56 Å². The second-order valence-electron chi connectivity index (χ2n) is 13.4. The van der Waals surface area contributed by atoms with Crippen molar-refractivity contribution in [2.75, 3.05) is 19.6 Å². The van der Waals surface area contributed by atoms with E-state index in [0.717, 1.165) is 56.1 Å². The van der Waals surface area contributed by atoms with Crippen molar-refractivity contribution in [3.05, 3.63) is 61.9 Å². The van der Waals surface area contributed by atoms with Crippen LogP contribution in [0.1, 0.15) is 69.5 Å². The summed E-state index contributed by atoms with van der Waals surface area (Å²) < 4.78 is 4.02. The minimum atomic E-state index is -0.277. The van der Waals surface area contributed by atoms with Gasteiger partial charge in [0.05, 0.1) is 5.69 Å². The van der Waals surface area contributed by atoms with E-state index in [-0.39, 0.29) is 16.7 Å². The Morgan fingerprint density at radius 3 is 2.67 bits per heavy atom. The average Bonchev–Trinajstić information content (AvgIpc) is 3.03. The SMILES string of the molecule is Cn1c(CN2C[C@@H]3C[C@@H](C2)c2cccc(=O)n2C3)cc(=O)c(O)c1CN1C[C@]2(C)C[C@H]1CC(C)(C)C2. The highest BCUT2D eigenvalue weighted by Gasteiger charge is 2.49. The molecular weight excluding hydrogens is 452 g/mol. The summed E-state index contributed by atoms with van der Waals surface area (Å²) in [7, 11) is 2.00. The van der Waals surface area contributed by atoms with E-state index in [1.807, 2.05) is 17.7 Å². The second-order valence-corrected chi connectivity index (χ2v) is 13.4. The van der Waals surface area contributed by atoms with Gasteiger partial charge in [0.2, 0.25) is 5.43 Å². The van der Waals surface area contributed by atoms with E-state index in [1.165, 1.54) is 12.8 Å². The van der Waals surface area contributed by atoms with Crippen LogP contribution in [0.4, 0.5) is 0 Å². The zero-order valence-electron chi connectivity index (χ0n) is 22.2. The first kappa shape index (κ1) is 24.0. The van der Waals surface area contributed by atoms with Crippen molar-refractivity contribution in [3.63, 3.8) is 0 Å². The van der Waals surface area contributed by atoms with E-state index < -0.39 is 0 Å². The molecule has 7 nitrogen and oxygen atoms in total. The number of rotatable bonds is 4. The Hall–Kier alpha value is -2.38. The Labute approximate surface area is 213 Å². The maximum Gasteiger partial charge on any atom is 0.250 e. The quantitative estimate of drug-likeness (QED) is 0.710. The Morgan fingerprint density at radius 1 is 1.06 bits per heavy atom. The molecule has 0 amide bonds. The lowest BCUT2D eigenvalue weighted by Gasteiger charge is -2.43. The number of fused-ring (bicyclic) bond motifs is 6. The van der Waals surface area contributed by atoms with Crippen LogP contribution >= 0.6 is 0 Å². The molecule has 4 atom stereocenters. The number of piperidine rings is 1. The molecule has 4 bridgehead atoms. The predicted molar refractivity (Wildman–Crippen MR) is 140 cm³/mol. The maximum absolute atomic E-state index is 12.9. The molecule has 0 unspecified atom stereocenters. The normalized spacial score (nSPS) is 31.4. The summed E-state index contributed by atoms with van der Waals surface area (Å²) in [4.78, 5) is 30.2. The molecule has 7 heteroatoms. The molecule has 4 aliphatic rings. The van der Waals surface area contributed by atoms with Gasteiger partial charge in [-0.3, -0.25) is 19.4 Å². The van der Waals surface area contributed by atoms with Crippen LogP contribution in [0.15, 0.2) is 33.9 Å². The molecule has 0 radical (unpaired) electrons. The summed E-state index contributed by atoms with van der Waals surface area (Å²) >= 11 is 0. The summed E-state index contributed by atoms with van der Waals surface area (Å²) in [5.41, 5.74) is 3.29. The van der Waals surface area contributed by atoms with E-state index in [0.29, 0.717) is 41.8 Å². The highest BCUT2D eigenvalue weighted by atomic mass is 16.3. The van der Waals surface area contributed by atoms with E-state index in [2.05, 4.69) is 41.2 Å². The number of aromatic nitrogens is 2. The number of pyridine rings is 2. The van der Waals surface area contributed by atoms with Crippen LogP contribution in [-0.4, -0.2) is 49.7 Å². The van der Waals surface area contributed by atoms with Gasteiger partial charge in [-0.1, -0.05) is 26.8 Å². The zero-order chi connectivity index (χ0) is 25.4. The molecular formula is C29H40N4O3. The lowest BCUT2D eigenvalue weighted by molar-refractivity contribution is 0.111. The van der Waals surface area contributed by atoms with Crippen LogP contribution in [-0.2, 0) is 26.7 Å². The van der Waals surface area contributed by atoms with E-state index in [1.54, 1.807) is 12.1 Å². The molecule has 2 saturated heterocycles. The predicted octanol–water partition coefficient (Wildman–Crippen LogP) is 3.27. The van der Waals surface area contributed by atoms with Crippen LogP contribution in [0.2, 0.25) is 0 Å². The highest BCUT2D eigenvalue weighted by Crippen LogP contribution is 2.52. The van der Waals surface area contributed by atoms with Gasteiger partial charge < -0.3 is 14.2 Å². The maximum atomic E-state index is 12.9. The molecule has 6 rings (SSSR count). The van der Waals surface area contributed by atoms with Crippen molar-refractivity contribution in [2.24, 2.45) is 23.8 Å². The summed E-state index contributed by atoms with van der Waals surface area (Å²) in [5.74, 6) is 0.682. The van der Waals surface area contributed by atoms with Crippen molar-refractivity contribution in [2.45, 2.75) is 78.0 Å². The fraction of sp³-hybridized carbons (Fsp3) is 0.655. The summed E-state index contributed by atoms with van der Waals surface area (Å²) in [6.45, 7) is 12.0. The summed E-state index contributed by atoms with van der Waals surface area (Å²) in [5, 5.41) is 10.8. The largest absolute Gasteiger partial charge is 0.503 e. The van der Waals surface area contributed by atoms with Gasteiger partial charge in [-0.2, -0.15) is 0 Å². The molecule has 1 N–H and O–H groups in total. The van der Waals surface area contributed by atoms with Gasteiger partial charge in [0.15, 0.2) is 5.75 Å². The molecule has 194 valence electrons. The van der Waals surface area contributed by atoms with Gasteiger partial charge >= 0.3 is 0 Å². The van der Waals surface area contributed by atoms with Crippen LogP contribution in [0.3, 0.4) is 0 Å².